The van der Waals surface area contributed by atoms with E-state index in [9.17, 15) is 44.1 Å². The highest BCUT2D eigenvalue weighted by Crippen LogP contribution is 2.44. The molecule has 0 aromatic heterocycles. The molecule has 0 radical (unpaired) electrons. The minimum absolute atomic E-state index is 0.109. The minimum Gasteiger partial charge on any atom is -0.748 e. The summed E-state index contributed by atoms with van der Waals surface area (Å²) in [6.07, 6.45) is -12.6. The molecule has 142 valence electrons. The molecule has 0 saturated heterocycles. The van der Waals surface area contributed by atoms with Gasteiger partial charge in [-0.15, -0.1) is 0 Å². The number of halogens is 7. The summed E-state index contributed by atoms with van der Waals surface area (Å²) >= 11 is 1.58. The minimum atomic E-state index is -6.31. The number of amides is 1. The zero-order valence-corrected chi connectivity index (χ0v) is 14.7. The number of nitrogens with one attached hydrogen (secondary N) is 1. The maximum atomic E-state index is 13.1. The van der Waals surface area contributed by atoms with Crippen LogP contribution in [0.15, 0.2) is 18.2 Å². The molecule has 3 N–H and O–H groups in total. The van der Waals surface area contributed by atoms with E-state index in [-0.39, 0.29) is 9.26 Å². The van der Waals surface area contributed by atoms with Crippen molar-refractivity contribution in [2.24, 2.45) is 0 Å². The maximum absolute atomic E-state index is 13.1. The lowest BCUT2D eigenvalue weighted by Gasteiger charge is -2.38. The number of hydrogen-bond acceptors (Lipinski definition) is 5. The van der Waals surface area contributed by atoms with E-state index in [0.29, 0.717) is 5.32 Å². The maximum Gasteiger partial charge on any atom is 0.421 e. The Morgan fingerprint density at radius 1 is 1.16 bits per heavy atom. The van der Waals surface area contributed by atoms with Crippen LogP contribution >= 0.6 is 22.6 Å². The van der Waals surface area contributed by atoms with Crippen molar-refractivity contribution in [3.63, 3.8) is 0 Å². The molecule has 0 unspecified atom stereocenters. The van der Waals surface area contributed by atoms with E-state index < -0.39 is 45.2 Å². The topological polar surface area (TPSA) is 112 Å². The summed E-state index contributed by atoms with van der Waals surface area (Å²) in [6.45, 7) is 0. The summed E-state index contributed by atoms with van der Waals surface area (Å²) in [6, 6.07) is 2.80. The molecule has 14 heteroatoms. The van der Waals surface area contributed by atoms with Crippen LogP contribution in [0.3, 0.4) is 0 Å². The standard InChI is InChI=1S/C11H9F6IN2O4S/c12-10(13,14)9(11(15,16)17,4-25(22,23)24)20-8(21)5-1-2-7(19)6(18)3-5/h1-3H,4,19H2,(H,20,21)(H,22,23,24)/p-1. The second-order valence-corrected chi connectivity index (χ2v) is 7.36. The summed E-state index contributed by atoms with van der Waals surface area (Å²) in [7, 11) is -6.02. The highest BCUT2D eigenvalue weighted by Gasteiger charge is 2.72. The predicted octanol–water partition coefficient (Wildman–Crippen LogP) is 2.01. The fraction of sp³-hybridized carbons (Fsp3) is 0.364. The first-order valence-electron chi connectivity index (χ1n) is 5.95. The van der Waals surface area contributed by atoms with E-state index in [1.165, 1.54) is 0 Å². The number of anilines is 1. The molecular weight excluding hydrogens is 497 g/mol. The molecule has 0 atom stereocenters. The van der Waals surface area contributed by atoms with Gasteiger partial charge in [0.25, 0.3) is 5.91 Å². The summed E-state index contributed by atoms with van der Waals surface area (Å²) in [5.41, 5.74) is -0.372. The Bertz CT molecular complexity index is 764. The molecule has 1 aromatic rings. The third-order valence-corrected chi connectivity index (χ3v) is 4.67. The van der Waals surface area contributed by atoms with Crippen molar-refractivity contribution in [3.05, 3.63) is 27.3 Å². The van der Waals surface area contributed by atoms with Gasteiger partial charge < -0.3 is 15.6 Å². The Kier molecular flexibility index (Phi) is 5.91. The van der Waals surface area contributed by atoms with Crippen molar-refractivity contribution in [2.45, 2.75) is 17.9 Å². The van der Waals surface area contributed by atoms with Gasteiger partial charge in [0.05, 0.1) is 15.9 Å². The molecule has 0 spiro atoms. The van der Waals surface area contributed by atoms with E-state index in [2.05, 4.69) is 0 Å². The number of alkyl halides is 6. The summed E-state index contributed by atoms with van der Waals surface area (Å²) in [4.78, 5) is 11.9. The molecule has 0 heterocycles. The van der Waals surface area contributed by atoms with Gasteiger partial charge in [0.2, 0.25) is 5.54 Å². The zero-order chi connectivity index (χ0) is 19.8. The van der Waals surface area contributed by atoms with Crippen LogP contribution in [-0.4, -0.2) is 42.5 Å². The molecule has 1 aromatic carbocycles. The Labute approximate surface area is 150 Å². The van der Waals surface area contributed by atoms with Gasteiger partial charge in [0, 0.05) is 14.8 Å². The van der Waals surface area contributed by atoms with Crippen LogP contribution in [0.5, 0.6) is 0 Å². The van der Waals surface area contributed by atoms with Crippen molar-refractivity contribution in [1.29, 1.82) is 0 Å². The quantitative estimate of drug-likeness (QED) is 0.282. The number of nitrogen functional groups attached to an aromatic ring is 1. The number of rotatable bonds is 4. The molecule has 0 aliphatic rings. The highest BCUT2D eigenvalue weighted by molar-refractivity contribution is 14.1. The monoisotopic (exact) mass is 505 g/mol. The number of hydrogen-bond donors (Lipinski definition) is 2. The van der Waals surface area contributed by atoms with Crippen LogP contribution in [0.1, 0.15) is 10.4 Å². The Morgan fingerprint density at radius 3 is 2.00 bits per heavy atom. The van der Waals surface area contributed by atoms with Crippen molar-refractivity contribution < 1.29 is 44.1 Å². The largest absolute Gasteiger partial charge is 0.748 e. The fourth-order valence-electron chi connectivity index (χ4n) is 1.70. The second-order valence-electron chi connectivity index (χ2n) is 4.79. The molecule has 1 amide bonds. The Balaban J connectivity index is 3.46. The number of benzene rings is 1. The predicted molar refractivity (Wildman–Crippen MR) is 80.4 cm³/mol. The normalized spacial score (nSPS) is 13.6. The van der Waals surface area contributed by atoms with Gasteiger partial charge in [-0.2, -0.15) is 26.3 Å². The molecule has 25 heavy (non-hydrogen) atoms. The smallest absolute Gasteiger partial charge is 0.421 e. The lowest BCUT2D eigenvalue weighted by Crippen LogP contribution is -2.70. The second kappa shape index (κ2) is 6.79. The summed E-state index contributed by atoms with van der Waals surface area (Å²) in [5.74, 6) is -4.82. The highest BCUT2D eigenvalue weighted by atomic mass is 127. The van der Waals surface area contributed by atoms with Gasteiger partial charge in [-0.1, -0.05) is 0 Å². The van der Waals surface area contributed by atoms with Crippen molar-refractivity contribution in [3.8, 4) is 0 Å². The lowest BCUT2D eigenvalue weighted by molar-refractivity contribution is -0.296. The fourth-order valence-corrected chi connectivity index (χ4v) is 3.15. The molecule has 0 fully saturated rings. The number of carbonyl (C=O) groups excluding carboxylic acids is 1. The van der Waals surface area contributed by atoms with Crippen LogP contribution in [0.2, 0.25) is 0 Å². The first-order chi connectivity index (χ1) is 11.0. The average molecular weight is 505 g/mol. The van der Waals surface area contributed by atoms with E-state index in [1.807, 2.05) is 0 Å². The van der Waals surface area contributed by atoms with Gasteiger partial charge in [-0.25, -0.2) is 8.42 Å². The Morgan fingerprint density at radius 2 is 1.64 bits per heavy atom. The summed E-state index contributed by atoms with van der Waals surface area (Å²) in [5, 5.41) is 0.618. The number of carbonyl (C=O) groups is 1. The van der Waals surface area contributed by atoms with E-state index >= 15 is 0 Å². The van der Waals surface area contributed by atoms with E-state index in [0.717, 1.165) is 18.2 Å². The van der Waals surface area contributed by atoms with Gasteiger partial charge in [-0.05, 0) is 40.8 Å². The lowest BCUT2D eigenvalue weighted by atomic mass is 9.99. The van der Waals surface area contributed by atoms with Crippen molar-refractivity contribution in [2.75, 3.05) is 11.5 Å². The molecule has 0 aliphatic heterocycles. The van der Waals surface area contributed by atoms with Gasteiger partial charge in [-0.3, -0.25) is 4.79 Å². The molecule has 0 saturated carbocycles. The zero-order valence-electron chi connectivity index (χ0n) is 11.7. The van der Waals surface area contributed by atoms with Crippen molar-refractivity contribution >= 4 is 44.3 Å². The van der Waals surface area contributed by atoms with E-state index in [1.54, 1.807) is 22.6 Å². The third kappa shape index (κ3) is 4.87. The van der Waals surface area contributed by atoms with Crippen LogP contribution in [0.25, 0.3) is 0 Å². The average Bonchev–Trinajstić information content (AvgIpc) is 2.36. The van der Waals surface area contributed by atoms with Gasteiger partial charge >= 0.3 is 12.4 Å². The van der Waals surface area contributed by atoms with Gasteiger partial charge in [0.1, 0.15) is 0 Å². The molecule has 0 bridgehead atoms. The van der Waals surface area contributed by atoms with Crippen LogP contribution in [-0.2, 0) is 10.1 Å². The molecule has 1 rings (SSSR count). The van der Waals surface area contributed by atoms with Crippen LogP contribution in [0, 0.1) is 3.57 Å². The summed E-state index contributed by atoms with van der Waals surface area (Å²) < 4.78 is 110. The van der Waals surface area contributed by atoms with Crippen molar-refractivity contribution in [1.82, 2.24) is 5.32 Å². The van der Waals surface area contributed by atoms with Crippen LogP contribution in [0.4, 0.5) is 32.0 Å². The van der Waals surface area contributed by atoms with Crippen LogP contribution < -0.4 is 11.1 Å². The molecule has 6 nitrogen and oxygen atoms in total. The Hall–Kier alpha value is -1.29. The molecule has 0 aliphatic carbocycles. The van der Waals surface area contributed by atoms with E-state index in [4.69, 9.17) is 5.73 Å². The first kappa shape index (κ1) is 21.8. The molecular formula is C11H8F6IN2O4S-. The third-order valence-electron chi connectivity index (χ3n) is 2.95. The SMILES string of the molecule is Nc1ccc(C(=O)NC(CS(=O)(=O)[O-])(C(F)(F)F)C(F)(F)F)cc1I. The number of nitrogens with two attached hydrogens (primary N) is 1. The first-order valence-corrected chi connectivity index (χ1v) is 8.60. The van der Waals surface area contributed by atoms with Gasteiger partial charge in [0.15, 0.2) is 0 Å².